The molecule has 0 saturated heterocycles. The number of H-pyrrole nitrogens is 1. The Labute approximate surface area is 157 Å². The van der Waals surface area contributed by atoms with E-state index in [1.807, 2.05) is 44.2 Å². The number of nitriles is 1. The SMILES string of the molecule is COc1ccc(-c2cc(-c3cc(C)ccc3C)[nH]c(=O)c2C#N)c(OC)c1. The van der Waals surface area contributed by atoms with Crippen molar-refractivity contribution in [3.63, 3.8) is 0 Å². The van der Waals surface area contributed by atoms with Crippen LogP contribution in [0.2, 0.25) is 0 Å². The van der Waals surface area contributed by atoms with E-state index in [1.165, 1.54) is 0 Å². The first kappa shape index (κ1) is 18.3. The van der Waals surface area contributed by atoms with Crippen molar-refractivity contribution >= 4 is 0 Å². The number of ether oxygens (including phenoxy) is 2. The molecule has 0 aliphatic rings. The van der Waals surface area contributed by atoms with Crippen molar-refractivity contribution in [1.29, 1.82) is 5.26 Å². The quantitative estimate of drug-likeness (QED) is 0.756. The Balaban J connectivity index is 2.31. The largest absolute Gasteiger partial charge is 0.497 e. The number of nitrogens with one attached hydrogen (secondary N) is 1. The molecule has 1 aromatic heterocycles. The lowest BCUT2D eigenvalue weighted by Gasteiger charge is -2.14. The summed E-state index contributed by atoms with van der Waals surface area (Å²) >= 11 is 0. The standard InChI is InChI=1S/C22H20N2O3/c1-13-5-6-14(2)17(9-13)20-11-18(19(12-23)22(25)24-20)16-8-7-15(26-3)10-21(16)27-4/h5-11H,1-4H3,(H,24,25). The minimum atomic E-state index is -0.427. The van der Waals surface area contributed by atoms with E-state index in [1.54, 1.807) is 32.4 Å². The number of pyridine rings is 1. The van der Waals surface area contributed by atoms with Gasteiger partial charge >= 0.3 is 0 Å². The lowest BCUT2D eigenvalue weighted by atomic mass is 9.96. The van der Waals surface area contributed by atoms with Gasteiger partial charge in [-0.2, -0.15) is 5.26 Å². The molecule has 5 nitrogen and oxygen atoms in total. The van der Waals surface area contributed by atoms with E-state index >= 15 is 0 Å². The van der Waals surface area contributed by atoms with Crippen molar-refractivity contribution < 1.29 is 9.47 Å². The number of aryl methyl sites for hydroxylation is 2. The topological polar surface area (TPSA) is 75.1 Å². The molecule has 0 bridgehead atoms. The molecule has 3 rings (SSSR count). The molecule has 0 aliphatic heterocycles. The van der Waals surface area contributed by atoms with Gasteiger partial charge in [0.25, 0.3) is 5.56 Å². The Morgan fingerprint density at radius 2 is 1.70 bits per heavy atom. The van der Waals surface area contributed by atoms with Gasteiger partial charge in [-0.15, -0.1) is 0 Å². The second-order valence-corrected chi connectivity index (χ2v) is 6.30. The summed E-state index contributed by atoms with van der Waals surface area (Å²) in [5, 5.41) is 9.55. The highest BCUT2D eigenvalue weighted by Gasteiger charge is 2.17. The van der Waals surface area contributed by atoms with Gasteiger partial charge in [0.2, 0.25) is 0 Å². The van der Waals surface area contributed by atoms with Crippen LogP contribution in [-0.2, 0) is 0 Å². The molecule has 0 amide bonds. The van der Waals surface area contributed by atoms with Crippen molar-refractivity contribution in [2.45, 2.75) is 13.8 Å². The second-order valence-electron chi connectivity index (χ2n) is 6.30. The van der Waals surface area contributed by atoms with Gasteiger partial charge in [-0.3, -0.25) is 4.79 Å². The third kappa shape index (κ3) is 3.42. The number of hydrogen-bond donors (Lipinski definition) is 1. The molecule has 5 heteroatoms. The maximum atomic E-state index is 12.6. The highest BCUT2D eigenvalue weighted by Crippen LogP contribution is 2.36. The molecular formula is C22H20N2O3. The predicted molar refractivity (Wildman–Crippen MR) is 105 cm³/mol. The smallest absolute Gasteiger partial charge is 0.266 e. The van der Waals surface area contributed by atoms with Crippen molar-refractivity contribution in [2.75, 3.05) is 14.2 Å². The first-order valence-corrected chi connectivity index (χ1v) is 8.46. The van der Waals surface area contributed by atoms with Gasteiger partial charge in [-0.05, 0) is 43.7 Å². The van der Waals surface area contributed by atoms with Crippen LogP contribution < -0.4 is 15.0 Å². The van der Waals surface area contributed by atoms with Crippen LogP contribution in [0.25, 0.3) is 22.4 Å². The first-order valence-electron chi connectivity index (χ1n) is 8.46. The number of aromatic amines is 1. The number of benzene rings is 2. The van der Waals surface area contributed by atoms with E-state index in [9.17, 15) is 10.1 Å². The Bertz CT molecular complexity index is 1110. The number of aromatic nitrogens is 1. The molecule has 0 saturated carbocycles. The summed E-state index contributed by atoms with van der Waals surface area (Å²) < 4.78 is 10.7. The fraction of sp³-hybridized carbons (Fsp3) is 0.182. The van der Waals surface area contributed by atoms with Gasteiger partial charge in [-0.1, -0.05) is 17.7 Å². The summed E-state index contributed by atoms with van der Waals surface area (Å²) in [6.45, 7) is 3.98. The van der Waals surface area contributed by atoms with Gasteiger partial charge in [-0.25, -0.2) is 0 Å². The van der Waals surface area contributed by atoms with E-state index < -0.39 is 5.56 Å². The van der Waals surface area contributed by atoms with Crippen molar-refractivity contribution in [3.8, 4) is 40.0 Å². The molecule has 1 heterocycles. The third-order valence-electron chi connectivity index (χ3n) is 4.53. The average molecular weight is 360 g/mol. The van der Waals surface area contributed by atoms with E-state index in [-0.39, 0.29) is 5.56 Å². The molecule has 1 N–H and O–H groups in total. The van der Waals surface area contributed by atoms with Gasteiger partial charge < -0.3 is 14.5 Å². The molecule has 27 heavy (non-hydrogen) atoms. The lowest BCUT2D eigenvalue weighted by molar-refractivity contribution is 0.395. The molecule has 0 spiro atoms. The minimum absolute atomic E-state index is 0.0486. The molecular weight excluding hydrogens is 340 g/mol. The maximum absolute atomic E-state index is 12.6. The summed E-state index contributed by atoms with van der Waals surface area (Å²) in [5.41, 5.74) is 4.51. The lowest BCUT2D eigenvalue weighted by Crippen LogP contribution is -2.13. The third-order valence-corrected chi connectivity index (χ3v) is 4.53. The zero-order valence-electron chi connectivity index (χ0n) is 15.7. The minimum Gasteiger partial charge on any atom is -0.497 e. The van der Waals surface area contributed by atoms with Crippen molar-refractivity contribution in [3.05, 3.63) is 69.5 Å². The van der Waals surface area contributed by atoms with Crippen LogP contribution in [0.15, 0.2) is 47.3 Å². The van der Waals surface area contributed by atoms with Crippen LogP contribution in [0.3, 0.4) is 0 Å². The van der Waals surface area contributed by atoms with Crippen LogP contribution in [-0.4, -0.2) is 19.2 Å². The number of hydrogen-bond acceptors (Lipinski definition) is 4. The average Bonchev–Trinajstić information content (AvgIpc) is 2.68. The molecule has 0 unspecified atom stereocenters. The van der Waals surface area contributed by atoms with Gasteiger partial charge in [0.05, 0.1) is 14.2 Å². The van der Waals surface area contributed by atoms with Crippen LogP contribution in [0.4, 0.5) is 0 Å². The zero-order valence-corrected chi connectivity index (χ0v) is 15.7. The zero-order chi connectivity index (χ0) is 19.6. The van der Waals surface area contributed by atoms with Gasteiger partial charge in [0.15, 0.2) is 0 Å². The number of nitrogens with zero attached hydrogens (tertiary/aromatic N) is 1. The molecule has 0 fully saturated rings. The summed E-state index contributed by atoms with van der Waals surface area (Å²) in [6.07, 6.45) is 0. The number of rotatable bonds is 4. The van der Waals surface area contributed by atoms with Crippen LogP contribution in [0.5, 0.6) is 11.5 Å². The fourth-order valence-corrected chi connectivity index (χ4v) is 3.08. The summed E-state index contributed by atoms with van der Waals surface area (Å²) in [6, 6.07) is 15.2. The van der Waals surface area contributed by atoms with Crippen molar-refractivity contribution in [2.24, 2.45) is 0 Å². The normalized spacial score (nSPS) is 10.3. The van der Waals surface area contributed by atoms with E-state index in [4.69, 9.17) is 9.47 Å². The summed E-state index contributed by atoms with van der Waals surface area (Å²) in [4.78, 5) is 15.5. The van der Waals surface area contributed by atoms with Crippen molar-refractivity contribution in [1.82, 2.24) is 4.98 Å². The molecule has 136 valence electrons. The highest BCUT2D eigenvalue weighted by molar-refractivity contribution is 5.80. The van der Waals surface area contributed by atoms with Gasteiger partial charge in [0.1, 0.15) is 23.1 Å². The summed E-state index contributed by atoms with van der Waals surface area (Å²) in [7, 11) is 3.12. The number of methoxy groups -OCH3 is 2. The van der Waals surface area contributed by atoms with Crippen LogP contribution in [0.1, 0.15) is 16.7 Å². The van der Waals surface area contributed by atoms with Gasteiger partial charge in [0, 0.05) is 28.5 Å². The first-order chi connectivity index (χ1) is 13.0. The molecule has 0 radical (unpaired) electrons. The Morgan fingerprint density at radius 1 is 0.926 bits per heavy atom. The van der Waals surface area contributed by atoms with E-state index in [2.05, 4.69) is 4.98 Å². The molecule has 3 aromatic rings. The maximum Gasteiger partial charge on any atom is 0.266 e. The van der Waals surface area contributed by atoms with E-state index in [0.29, 0.717) is 28.3 Å². The fourth-order valence-electron chi connectivity index (χ4n) is 3.08. The Morgan fingerprint density at radius 3 is 2.37 bits per heavy atom. The second kappa shape index (κ2) is 7.38. The Kier molecular flexibility index (Phi) is 5.00. The predicted octanol–water partition coefficient (Wildman–Crippen LogP) is 4.21. The summed E-state index contributed by atoms with van der Waals surface area (Å²) in [5.74, 6) is 1.16. The Hall–Kier alpha value is -3.52. The molecule has 2 aromatic carbocycles. The van der Waals surface area contributed by atoms with E-state index in [0.717, 1.165) is 16.7 Å². The molecule has 0 aliphatic carbocycles. The molecule has 0 atom stereocenters. The van der Waals surface area contributed by atoms with Crippen LogP contribution in [0, 0.1) is 25.2 Å². The van der Waals surface area contributed by atoms with Crippen LogP contribution >= 0.6 is 0 Å². The highest BCUT2D eigenvalue weighted by atomic mass is 16.5. The monoisotopic (exact) mass is 360 g/mol.